The maximum absolute atomic E-state index is 2.63. The fraction of sp³-hybridized carbons (Fsp3) is 0.250. The van der Waals surface area contributed by atoms with Crippen LogP contribution in [0.3, 0.4) is 0 Å². The second-order valence-corrected chi connectivity index (χ2v) is 15.6. The third-order valence-corrected chi connectivity index (χ3v) is 13.8. The van der Waals surface area contributed by atoms with Crippen molar-refractivity contribution in [2.75, 3.05) is 4.90 Å². The molecule has 0 atom stereocenters. The molecule has 4 saturated carbocycles. The Labute approximate surface area is 253 Å². The van der Waals surface area contributed by atoms with Crippen LogP contribution < -0.4 is 4.90 Å². The fourth-order valence-electron chi connectivity index (χ4n) is 10.2. The minimum atomic E-state index is 0.173. The summed E-state index contributed by atoms with van der Waals surface area (Å²) in [6, 6.07) is 44.1. The number of fused-ring (bicyclic) bond motifs is 6. The summed E-state index contributed by atoms with van der Waals surface area (Å²) in [7, 11) is 0. The van der Waals surface area contributed by atoms with Crippen molar-refractivity contribution in [3.63, 3.8) is 0 Å². The van der Waals surface area contributed by atoms with Crippen LogP contribution in [-0.4, -0.2) is 14.5 Å². The van der Waals surface area contributed by atoms with Gasteiger partial charge >= 0.3 is 254 Å². The number of nitrogens with zero attached hydrogens (tertiary/aromatic N) is 1. The molecule has 1 heterocycles. The third-order valence-electron chi connectivity index (χ3n) is 11.4. The quantitative estimate of drug-likeness (QED) is 0.181. The van der Waals surface area contributed by atoms with Gasteiger partial charge in [-0.15, -0.1) is 0 Å². The summed E-state index contributed by atoms with van der Waals surface area (Å²) >= 11 is 0.342. The summed E-state index contributed by atoms with van der Waals surface area (Å²) in [6.45, 7) is 0. The number of anilines is 3. The fourth-order valence-corrected chi connectivity index (χ4v) is 12.6. The molecule has 4 bridgehead atoms. The van der Waals surface area contributed by atoms with E-state index in [2.05, 4.69) is 120 Å². The molecule has 0 radical (unpaired) electrons. The molecule has 6 aromatic rings. The van der Waals surface area contributed by atoms with Gasteiger partial charge < -0.3 is 0 Å². The van der Waals surface area contributed by atoms with Gasteiger partial charge in [0.2, 0.25) is 0 Å². The summed E-state index contributed by atoms with van der Waals surface area (Å²) in [4.78, 5) is 2.56. The molecule has 4 fully saturated rings. The zero-order chi connectivity index (χ0) is 27.4. The third kappa shape index (κ3) is 3.10. The van der Waals surface area contributed by atoms with Crippen LogP contribution in [0.25, 0.3) is 30.4 Å². The van der Waals surface area contributed by atoms with E-state index in [0.717, 1.165) is 23.7 Å². The van der Waals surface area contributed by atoms with E-state index in [9.17, 15) is 0 Å². The number of hydrogen-bond acceptors (Lipinski definition) is 1. The SMILES string of the molecule is c1ccc(N(c2ccc3c(c2)C2(c4ccccc4-3)C3CC4CC(C3)CC2C4)c2cccc3[se]c4ccccc4c23)cc1. The number of para-hydroxylation sites is 1. The van der Waals surface area contributed by atoms with Crippen molar-refractivity contribution in [3.05, 3.63) is 126 Å². The molecule has 0 aliphatic heterocycles. The van der Waals surface area contributed by atoms with Gasteiger partial charge in [-0.1, -0.05) is 0 Å². The van der Waals surface area contributed by atoms with E-state index in [0.29, 0.717) is 14.5 Å². The van der Waals surface area contributed by atoms with Crippen LogP contribution >= 0.6 is 0 Å². The average molecular weight is 607 g/mol. The molecule has 0 unspecified atom stereocenters. The molecule has 204 valence electrons. The molecular formula is C40H33NSe. The van der Waals surface area contributed by atoms with Crippen LogP contribution in [0.15, 0.2) is 115 Å². The summed E-state index contributed by atoms with van der Waals surface area (Å²) in [5, 5.41) is 2.83. The van der Waals surface area contributed by atoms with E-state index in [1.807, 2.05) is 0 Å². The molecule has 5 aliphatic rings. The molecular weight excluding hydrogens is 573 g/mol. The summed E-state index contributed by atoms with van der Waals surface area (Å²) in [5.74, 6) is 3.44. The van der Waals surface area contributed by atoms with Gasteiger partial charge in [-0.3, -0.25) is 0 Å². The van der Waals surface area contributed by atoms with Crippen LogP contribution in [0.1, 0.15) is 43.2 Å². The van der Waals surface area contributed by atoms with E-state index in [1.54, 1.807) is 11.1 Å². The van der Waals surface area contributed by atoms with Crippen molar-refractivity contribution in [1.29, 1.82) is 0 Å². The summed E-state index contributed by atoms with van der Waals surface area (Å²) in [6.07, 6.45) is 7.15. The van der Waals surface area contributed by atoms with Gasteiger partial charge in [-0.05, 0) is 0 Å². The molecule has 2 heteroatoms. The van der Waals surface area contributed by atoms with Crippen molar-refractivity contribution >= 4 is 50.9 Å². The van der Waals surface area contributed by atoms with Crippen LogP contribution in [0.2, 0.25) is 0 Å². The minimum absolute atomic E-state index is 0.173. The van der Waals surface area contributed by atoms with Gasteiger partial charge in [-0.25, -0.2) is 0 Å². The van der Waals surface area contributed by atoms with Crippen molar-refractivity contribution in [2.45, 2.75) is 37.5 Å². The molecule has 0 saturated heterocycles. The first-order valence-electron chi connectivity index (χ1n) is 15.8. The molecule has 0 N–H and O–H groups in total. The number of rotatable bonds is 3. The van der Waals surface area contributed by atoms with Crippen molar-refractivity contribution < 1.29 is 0 Å². The van der Waals surface area contributed by atoms with Gasteiger partial charge in [0.15, 0.2) is 0 Å². The Morgan fingerprint density at radius 3 is 2.07 bits per heavy atom. The Morgan fingerprint density at radius 2 is 1.24 bits per heavy atom. The van der Waals surface area contributed by atoms with Crippen LogP contribution in [0.4, 0.5) is 17.1 Å². The monoisotopic (exact) mass is 607 g/mol. The van der Waals surface area contributed by atoms with Crippen LogP contribution in [0.5, 0.6) is 0 Å². The Balaban J connectivity index is 1.24. The Hall–Kier alpha value is -3.58. The predicted molar refractivity (Wildman–Crippen MR) is 176 cm³/mol. The molecule has 42 heavy (non-hydrogen) atoms. The van der Waals surface area contributed by atoms with E-state index < -0.39 is 0 Å². The van der Waals surface area contributed by atoms with E-state index in [1.165, 1.54) is 79.6 Å². The van der Waals surface area contributed by atoms with Crippen LogP contribution in [0, 0.1) is 23.7 Å². The Kier molecular flexibility index (Phi) is 4.97. The van der Waals surface area contributed by atoms with Gasteiger partial charge in [0.05, 0.1) is 0 Å². The van der Waals surface area contributed by atoms with Crippen molar-refractivity contribution in [3.8, 4) is 11.1 Å². The normalized spacial score (nSPS) is 26.7. The zero-order valence-corrected chi connectivity index (χ0v) is 25.4. The molecule has 1 aromatic heterocycles. The maximum atomic E-state index is 2.63. The summed E-state index contributed by atoms with van der Waals surface area (Å²) < 4.78 is 2.99. The van der Waals surface area contributed by atoms with Gasteiger partial charge in [0.25, 0.3) is 0 Å². The number of hydrogen-bond donors (Lipinski definition) is 0. The van der Waals surface area contributed by atoms with Gasteiger partial charge in [0.1, 0.15) is 0 Å². The molecule has 1 nitrogen and oxygen atoms in total. The predicted octanol–water partition coefficient (Wildman–Crippen LogP) is 10.2. The van der Waals surface area contributed by atoms with E-state index in [-0.39, 0.29) is 5.41 Å². The zero-order valence-electron chi connectivity index (χ0n) is 23.7. The van der Waals surface area contributed by atoms with Crippen LogP contribution in [-0.2, 0) is 5.41 Å². The second-order valence-electron chi connectivity index (χ2n) is 13.4. The first-order chi connectivity index (χ1) is 20.8. The Morgan fingerprint density at radius 1 is 0.548 bits per heavy atom. The van der Waals surface area contributed by atoms with Gasteiger partial charge in [-0.2, -0.15) is 0 Å². The van der Waals surface area contributed by atoms with E-state index in [4.69, 9.17) is 0 Å². The standard InChI is InChI=1S/C40H33NSe/c1-2-9-29(10-3-1)41(36-14-8-16-38-39(36)33-12-5-7-15-37(33)42-38)30-17-18-32-31-11-4-6-13-34(31)40(35(32)24-30)27-20-25-19-26(22-27)23-28(40)21-25/h1-18,24-28H,19-23H2. The van der Waals surface area contributed by atoms with Crippen molar-refractivity contribution in [1.82, 2.24) is 0 Å². The molecule has 5 aliphatic carbocycles. The molecule has 1 spiro atoms. The average Bonchev–Trinajstić information content (AvgIpc) is 3.55. The first kappa shape index (κ1) is 23.9. The molecule has 0 amide bonds. The first-order valence-corrected chi connectivity index (χ1v) is 17.5. The topological polar surface area (TPSA) is 3.24 Å². The van der Waals surface area contributed by atoms with E-state index >= 15 is 0 Å². The molecule has 5 aromatic carbocycles. The number of benzene rings is 5. The second kappa shape index (κ2) is 8.73. The van der Waals surface area contributed by atoms with Crippen molar-refractivity contribution in [2.24, 2.45) is 23.7 Å². The van der Waals surface area contributed by atoms with Gasteiger partial charge in [0, 0.05) is 0 Å². The summed E-state index contributed by atoms with van der Waals surface area (Å²) in [5.41, 5.74) is 10.2. The Bertz CT molecular complexity index is 1990. The molecule has 11 rings (SSSR count).